The van der Waals surface area contributed by atoms with Gasteiger partial charge >= 0.3 is 0 Å². The zero-order chi connectivity index (χ0) is 10.5. The van der Waals surface area contributed by atoms with Crippen LogP contribution in [-0.2, 0) is 0 Å². The summed E-state index contributed by atoms with van der Waals surface area (Å²) in [6, 6.07) is 7.92. The van der Waals surface area contributed by atoms with Crippen LogP contribution < -0.4 is 0 Å². The molecule has 0 aliphatic rings. The van der Waals surface area contributed by atoms with Gasteiger partial charge in [0.05, 0.1) is 0 Å². The highest BCUT2D eigenvalue weighted by molar-refractivity contribution is 5.66. The molecule has 2 heterocycles. The van der Waals surface area contributed by atoms with Crippen molar-refractivity contribution in [1.29, 1.82) is 0 Å². The summed E-state index contributed by atoms with van der Waals surface area (Å²) < 4.78 is 1.79. The Hall–Kier alpha value is -1.90. The number of aromatic nitrogens is 2. The summed E-state index contributed by atoms with van der Waals surface area (Å²) in [6.07, 6.45) is 9.35. The highest BCUT2D eigenvalue weighted by Gasteiger charge is 2.00. The second kappa shape index (κ2) is 4.55. The van der Waals surface area contributed by atoms with Gasteiger partial charge in [0.1, 0.15) is 0 Å². The summed E-state index contributed by atoms with van der Waals surface area (Å²) in [5, 5.41) is 4.31. The van der Waals surface area contributed by atoms with Crippen LogP contribution in [0.4, 0.5) is 0 Å². The maximum Gasteiger partial charge on any atom is 0.0325 e. The molecule has 0 aliphatic carbocycles. The van der Waals surface area contributed by atoms with Gasteiger partial charge in [-0.2, -0.15) is 5.10 Å². The second-order valence-corrected chi connectivity index (χ2v) is 3.40. The van der Waals surface area contributed by atoms with Crippen LogP contribution in [0.2, 0.25) is 0 Å². The van der Waals surface area contributed by atoms with Crippen LogP contribution >= 0.6 is 0 Å². The fourth-order valence-electron chi connectivity index (χ4n) is 1.33. The van der Waals surface area contributed by atoms with E-state index in [1.807, 2.05) is 42.9 Å². The van der Waals surface area contributed by atoms with E-state index in [1.165, 1.54) is 5.56 Å². The number of nitrogens with zero attached hydrogens (tertiary/aromatic N) is 3. The Kier molecular flexibility index (Phi) is 2.93. The predicted molar refractivity (Wildman–Crippen MR) is 61.0 cm³/mol. The van der Waals surface area contributed by atoms with E-state index in [-0.39, 0.29) is 0 Å². The third-order valence-corrected chi connectivity index (χ3v) is 2.24. The van der Waals surface area contributed by atoms with Crippen LogP contribution in [0.25, 0.3) is 0 Å². The summed E-state index contributed by atoms with van der Waals surface area (Å²) in [4.78, 5) is 3.99. The van der Waals surface area contributed by atoms with Crippen LogP contribution in [0.15, 0.2) is 54.2 Å². The fraction of sp³-hybridized carbons (Fsp3) is 0.167. The van der Waals surface area contributed by atoms with Crippen molar-refractivity contribution in [2.24, 2.45) is 5.10 Å². The molecule has 76 valence electrons. The maximum atomic E-state index is 4.31. The first kappa shape index (κ1) is 9.65. The molecule has 0 aliphatic heterocycles. The Balaban J connectivity index is 2.07. The van der Waals surface area contributed by atoms with Crippen LogP contribution in [0.5, 0.6) is 0 Å². The number of hydrogen-bond donors (Lipinski definition) is 0. The molecule has 0 saturated carbocycles. The number of hydrogen-bond acceptors (Lipinski definition) is 2. The molecular weight excluding hydrogens is 186 g/mol. The van der Waals surface area contributed by atoms with Gasteiger partial charge in [-0.3, -0.25) is 4.98 Å². The minimum atomic E-state index is 0.301. The summed E-state index contributed by atoms with van der Waals surface area (Å²) >= 11 is 0. The smallest absolute Gasteiger partial charge is 0.0325 e. The second-order valence-electron chi connectivity index (χ2n) is 3.40. The highest BCUT2D eigenvalue weighted by atomic mass is 15.3. The van der Waals surface area contributed by atoms with Gasteiger partial charge in [0, 0.05) is 36.9 Å². The van der Waals surface area contributed by atoms with Crippen molar-refractivity contribution < 1.29 is 0 Å². The molecule has 3 heteroatoms. The van der Waals surface area contributed by atoms with E-state index in [0.29, 0.717) is 5.92 Å². The van der Waals surface area contributed by atoms with Gasteiger partial charge in [-0.1, -0.05) is 6.92 Å². The van der Waals surface area contributed by atoms with Crippen molar-refractivity contribution in [2.45, 2.75) is 12.8 Å². The van der Waals surface area contributed by atoms with Gasteiger partial charge in [0.25, 0.3) is 0 Å². The van der Waals surface area contributed by atoms with Gasteiger partial charge in [-0.05, 0) is 29.8 Å². The molecule has 1 atom stereocenters. The van der Waals surface area contributed by atoms with E-state index in [1.54, 1.807) is 17.1 Å². The molecule has 0 bridgehead atoms. The first-order valence-corrected chi connectivity index (χ1v) is 4.93. The molecule has 0 N–H and O–H groups in total. The lowest BCUT2D eigenvalue weighted by molar-refractivity contribution is 0.875. The van der Waals surface area contributed by atoms with E-state index in [0.717, 1.165) is 0 Å². The average Bonchev–Trinajstić information content (AvgIpc) is 2.80. The molecule has 0 saturated heterocycles. The summed E-state index contributed by atoms with van der Waals surface area (Å²) in [5.74, 6) is 0.301. The van der Waals surface area contributed by atoms with E-state index >= 15 is 0 Å². The van der Waals surface area contributed by atoms with Crippen LogP contribution in [0, 0.1) is 0 Å². The molecule has 2 rings (SSSR count). The summed E-state index contributed by atoms with van der Waals surface area (Å²) in [5.41, 5.74) is 1.22. The first-order chi connectivity index (χ1) is 7.36. The quantitative estimate of drug-likeness (QED) is 0.698. The van der Waals surface area contributed by atoms with Gasteiger partial charge in [-0.15, -0.1) is 0 Å². The Morgan fingerprint density at radius 3 is 2.60 bits per heavy atom. The molecule has 1 unspecified atom stereocenters. The maximum absolute atomic E-state index is 4.31. The Labute approximate surface area is 89.1 Å². The van der Waals surface area contributed by atoms with E-state index in [2.05, 4.69) is 17.0 Å². The van der Waals surface area contributed by atoms with Crippen molar-refractivity contribution in [3.05, 3.63) is 54.6 Å². The molecule has 15 heavy (non-hydrogen) atoms. The molecule has 0 aromatic carbocycles. The minimum absolute atomic E-state index is 0.301. The third-order valence-electron chi connectivity index (χ3n) is 2.24. The standard InChI is InChI=1S/C12H13N3/c1-11(12-4-6-13-7-5-12)10-14-15-8-2-3-9-15/h2-11H,1H3/b14-10-. The highest BCUT2D eigenvalue weighted by Crippen LogP contribution is 2.10. The normalized spacial score (nSPS) is 13.1. The zero-order valence-corrected chi connectivity index (χ0v) is 8.62. The van der Waals surface area contributed by atoms with E-state index < -0.39 is 0 Å². The lowest BCUT2D eigenvalue weighted by Gasteiger charge is -2.04. The van der Waals surface area contributed by atoms with E-state index in [4.69, 9.17) is 0 Å². The molecule has 2 aromatic rings. The monoisotopic (exact) mass is 199 g/mol. The molecule has 0 radical (unpaired) electrons. The van der Waals surface area contributed by atoms with Crippen molar-refractivity contribution in [3.63, 3.8) is 0 Å². The van der Waals surface area contributed by atoms with Crippen molar-refractivity contribution in [1.82, 2.24) is 9.66 Å². The van der Waals surface area contributed by atoms with Crippen molar-refractivity contribution in [2.75, 3.05) is 0 Å². The lowest BCUT2D eigenvalue weighted by Crippen LogP contribution is -1.96. The molecule has 0 amide bonds. The zero-order valence-electron chi connectivity index (χ0n) is 8.62. The molecule has 3 nitrogen and oxygen atoms in total. The number of pyridine rings is 1. The first-order valence-electron chi connectivity index (χ1n) is 4.93. The van der Waals surface area contributed by atoms with Crippen LogP contribution in [0.1, 0.15) is 18.4 Å². The predicted octanol–water partition coefficient (Wildman–Crippen LogP) is 2.52. The lowest BCUT2D eigenvalue weighted by atomic mass is 10.0. The largest absolute Gasteiger partial charge is 0.265 e. The van der Waals surface area contributed by atoms with E-state index in [9.17, 15) is 0 Å². The van der Waals surface area contributed by atoms with Gasteiger partial charge < -0.3 is 0 Å². The Morgan fingerprint density at radius 2 is 1.93 bits per heavy atom. The topological polar surface area (TPSA) is 30.2 Å². The molecular formula is C12H13N3. The van der Waals surface area contributed by atoms with Gasteiger partial charge in [-0.25, -0.2) is 4.68 Å². The summed E-state index contributed by atoms with van der Waals surface area (Å²) in [7, 11) is 0. The molecule has 2 aromatic heterocycles. The van der Waals surface area contributed by atoms with Crippen LogP contribution in [-0.4, -0.2) is 15.9 Å². The summed E-state index contributed by atoms with van der Waals surface area (Å²) in [6.45, 7) is 2.11. The third kappa shape index (κ3) is 2.53. The minimum Gasteiger partial charge on any atom is -0.265 e. The average molecular weight is 199 g/mol. The van der Waals surface area contributed by atoms with Gasteiger partial charge in [0.15, 0.2) is 0 Å². The van der Waals surface area contributed by atoms with Crippen molar-refractivity contribution >= 4 is 6.21 Å². The van der Waals surface area contributed by atoms with Crippen LogP contribution in [0.3, 0.4) is 0 Å². The molecule has 0 spiro atoms. The fourth-order valence-corrected chi connectivity index (χ4v) is 1.33. The number of rotatable bonds is 3. The van der Waals surface area contributed by atoms with Gasteiger partial charge in [0.2, 0.25) is 0 Å². The Morgan fingerprint density at radius 1 is 1.27 bits per heavy atom. The Bertz CT molecular complexity index is 417. The molecule has 0 fully saturated rings. The van der Waals surface area contributed by atoms with Crippen molar-refractivity contribution in [3.8, 4) is 0 Å². The SMILES string of the molecule is CC(/C=N\n1cccc1)c1ccncc1.